The Hall–Kier alpha value is -1.95. The predicted molar refractivity (Wildman–Crippen MR) is 101 cm³/mol. The Bertz CT molecular complexity index is 706. The van der Waals surface area contributed by atoms with Crippen molar-refractivity contribution in [3.8, 4) is 0 Å². The van der Waals surface area contributed by atoms with Gasteiger partial charge in [-0.2, -0.15) is 0 Å². The molecule has 3 aliphatic rings. The molecule has 146 valence electrons. The van der Waals surface area contributed by atoms with Crippen LogP contribution >= 0.6 is 0 Å². The van der Waals surface area contributed by atoms with E-state index in [4.69, 9.17) is 4.74 Å². The van der Waals surface area contributed by atoms with Crippen molar-refractivity contribution in [2.45, 2.75) is 50.5 Å². The standard InChI is InChI=1S/C21H29N3O3/c1-23(13-14-24-11-3-2-4-12-24)19(25)16-5-8-21(9-6-16)18-15-22-10-7-17(18)20(26)27-21/h7,10,15-16H,2-6,8-9,11-14H2,1H3. The Balaban J connectivity index is 1.32. The van der Waals surface area contributed by atoms with Crippen LogP contribution in [0.15, 0.2) is 18.5 Å². The SMILES string of the molecule is CN(CCN1CCCCC1)C(=O)C1CCC2(CC1)OC(=O)c1ccncc12. The van der Waals surface area contributed by atoms with E-state index >= 15 is 0 Å². The summed E-state index contributed by atoms with van der Waals surface area (Å²) in [5.74, 6) is 0.00910. The number of likely N-dealkylation sites (tertiary alicyclic amines) is 1. The van der Waals surface area contributed by atoms with E-state index in [-0.39, 0.29) is 17.8 Å². The third-order valence-electron chi connectivity index (χ3n) is 6.54. The molecule has 1 aromatic rings. The van der Waals surface area contributed by atoms with E-state index in [1.165, 1.54) is 19.3 Å². The second-order valence-electron chi connectivity index (χ2n) is 8.24. The molecule has 1 aliphatic carbocycles. The van der Waals surface area contributed by atoms with Crippen molar-refractivity contribution < 1.29 is 14.3 Å². The summed E-state index contributed by atoms with van der Waals surface area (Å²) in [5.41, 5.74) is 0.969. The molecule has 1 saturated carbocycles. The summed E-state index contributed by atoms with van der Waals surface area (Å²) in [6, 6.07) is 1.73. The van der Waals surface area contributed by atoms with Gasteiger partial charge in [0.15, 0.2) is 0 Å². The smallest absolute Gasteiger partial charge is 0.339 e. The lowest BCUT2D eigenvalue weighted by molar-refractivity contribution is -0.137. The Morgan fingerprint density at radius 3 is 2.78 bits per heavy atom. The molecule has 1 saturated heterocycles. The quantitative estimate of drug-likeness (QED) is 0.761. The van der Waals surface area contributed by atoms with Crippen LogP contribution in [0.5, 0.6) is 0 Å². The lowest BCUT2D eigenvalue weighted by Gasteiger charge is -2.37. The summed E-state index contributed by atoms with van der Waals surface area (Å²) in [7, 11) is 1.92. The average molecular weight is 371 g/mol. The minimum atomic E-state index is -0.566. The molecule has 0 unspecified atom stereocenters. The number of ether oxygens (including phenoxy) is 1. The second-order valence-corrected chi connectivity index (χ2v) is 8.24. The van der Waals surface area contributed by atoms with Crippen LogP contribution in [0.25, 0.3) is 0 Å². The Morgan fingerprint density at radius 1 is 1.30 bits per heavy atom. The molecular formula is C21H29N3O3. The number of esters is 1. The number of hydrogen-bond donors (Lipinski definition) is 0. The number of likely N-dealkylation sites (N-methyl/N-ethyl adjacent to an activating group) is 1. The average Bonchev–Trinajstić information content (AvgIpc) is 2.99. The molecule has 0 bridgehead atoms. The molecule has 6 nitrogen and oxygen atoms in total. The van der Waals surface area contributed by atoms with E-state index < -0.39 is 5.60 Å². The monoisotopic (exact) mass is 371 g/mol. The molecule has 0 aromatic carbocycles. The number of piperidine rings is 1. The van der Waals surface area contributed by atoms with Crippen molar-refractivity contribution in [3.05, 3.63) is 29.6 Å². The number of fused-ring (bicyclic) bond motifs is 2. The fraction of sp³-hybridized carbons (Fsp3) is 0.667. The Kier molecular flexibility index (Phi) is 5.17. The first-order valence-electron chi connectivity index (χ1n) is 10.2. The summed E-state index contributed by atoms with van der Waals surface area (Å²) < 4.78 is 5.77. The third kappa shape index (κ3) is 3.59. The molecule has 6 heteroatoms. The molecule has 27 heavy (non-hydrogen) atoms. The van der Waals surface area contributed by atoms with Crippen molar-refractivity contribution in [3.63, 3.8) is 0 Å². The van der Waals surface area contributed by atoms with Gasteiger partial charge in [-0.25, -0.2) is 4.79 Å². The Morgan fingerprint density at radius 2 is 2.04 bits per heavy atom. The molecular weight excluding hydrogens is 342 g/mol. The van der Waals surface area contributed by atoms with Gasteiger partial charge in [-0.05, 0) is 57.7 Å². The van der Waals surface area contributed by atoms with Gasteiger partial charge in [-0.15, -0.1) is 0 Å². The number of nitrogens with zero attached hydrogens (tertiary/aromatic N) is 3. The summed E-state index contributed by atoms with van der Waals surface area (Å²) in [5, 5.41) is 0. The van der Waals surface area contributed by atoms with Crippen LogP contribution < -0.4 is 0 Å². The Labute approximate surface area is 160 Å². The maximum absolute atomic E-state index is 12.9. The van der Waals surface area contributed by atoms with Crippen LogP contribution in [-0.2, 0) is 15.1 Å². The first-order valence-corrected chi connectivity index (χ1v) is 10.2. The van der Waals surface area contributed by atoms with Crippen molar-refractivity contribution in [2.75, 3.05) is 33.2 Å². The van der Waals surface area contributed by atoms with E-state index in [0.717, 1.165) is 44.6 Å². The first-order chi connectivity index (χ1) is 13.1. The number of carbonyl (C=O) groups excluding carboxylic acids is 2. The lowest BCUT2D eigenvalue weighted by atomic mass is 9.75. The van der Waals surface area contributed by atoms with Gasteiger partial charge in [0.05, 0.1) is 5.56 Å². The maximum atomic E-state index is 12.9. The summed E-state index contributed by atoms with van der Waals surface area (Å²) in [6.07, 6.45) is 10.2. The van der Waals surface area contributed by atoms with Crippen LogP contribution in [0, 0.1) is 5.92 Å². The van der Waals surface area contributed by atoms with Gasteiger partial charge in [-0.3, -0.25) is 9.78 Å². The van der Waals surface area contributed by atoms with Crippen molar-refractivity contribution >= 4 is 11.9 Å². The van der Waals surface area contributed by atoms with Crippen LogP contribution in [-0.4, -0.2) is 59.9 Å². The third-order valence-corrected chi connectivity index (χ3v) is 6.54. The van der Waals surface area contributed by atoms with E-state index in [0.29, 0.717) is 18.4 Å². The highest BCUT2D eigenvalue weighted by atomic mass is 16.6. The van der Waals surface area contributed by atoms with E-state index in [9.17, 15) is 9.59 Å². The van der Waals surface area contributed by atoms with Crippen molar-refractivity contribution in [2.24, 2.45) is 5.92 Å². The topological polar surface area (TPSA) is 62.7 Å². The highest BCUT2D eigenvalue weighted by Gasteiger charge is 2.48. The molecule has 1 aromatic heterocycles. The van der Waals surface area contributed by atoms with Crippen molar-refractivity contribution in [1.82, 2.24) is 14.8 Å². The largest absolute Gasteiger partial charge is 0.450 e. The molecule has 0 atom stereocenters. The second kappa shape index (κ2) is 7.58. The molecule has 1 amide bonds. The first kappa shape index (κ1) is 18.4. The van der Waals surface area contributed by atoms with Gasteiger partial charge >= 0.3 is 5.97 Å². The fourth-order valence-electron chi connectivity index (χ4n) is 4.82. The normalized spacial score (nSPS) is 28.0. The van der Waals surface area contributed by atoms with Gasteiger partial charge in [-0.1, -0.05) is 6.42 Å². The van der Waals surface area contributed by atoms with Gasteiger partial charge in [0.2, 0.25) is 5.91 Å². The number of rotatable bonds is 4. The number of pyridine rings is 1. The molecule has 0 radical (unpaired) electrons. The van der Waals surface area contributed by atoms with Gasteiger partial charge in [0.25, 0.3) is 0 Å². The minimum absolute atomic E-state index is 0.0291. The zero-order valence-electron chi connectivity index (χ0n) is 16.2. The van der Waals surface area contributed by atoms with Gasteiger partial charge in [0.1, 0.15) is 5.60 Å². The number of hydrogen-bond acceptors (Lipinski definition) is 5. The van der Waals surface area contributed by atoms with Crippen LogP contribution in [0.3, 0.4) is 0 Å². The van der Waals surface area contributed by atoms with E-state index in [1.807, 2.05) is 11.9 Å². The maximum Gasteiger partial charge on any atom is 0.339 e. The highest BCUT2D eigenvalue weighted by Crippen LogP contribution is 2.47. The van der Waals surface area contributed by atoms with E-state index in [2.05, 4.69) is 9.88 Å². The number of amides is 1. The summed E-state index contributed by atoms with van der Waals surface area (Å²) in [6.45, 7) is 4.08. The van der Waals surface area contributed by atoms with Crippen molar-refractivity contribution in [1.29, 1.82) is 0 Å². The van der Waals surface area contributed by atoms with Gasteiger partial charge in [0, 0.05) is 44.0 Å². The molecule has 1 spiro atoms. The lowest BCUT2D eigenvalue weighted by Crippen LogP contribution is -2.43. The highest BCUT2D eigenvalue weighted by molar-refractivity contribution is 5.94. The zero-order valence-corrected chi connectivity index (χ0v) is 16.2. The minimum Gasteiger partial charge on any atom is -0.450 e. The van der Waals surface area contributed by atoms with Crippen LogP contribution in [0.1, 0.15) is 60.9 Å². The zero-order chi connectivity index (χ0) is 18.9. The molecule has 0 N–H and O–H groups in total. The number of carbonyl (C=O) groups is 2. The molecule has 2 fully saturated rings. The van der Waals surface area contributed by atoms with Crippen LogP contribution in [0.2, 0.25) is 0 Å². The molecule has 2 aliphatic heterocycles. The fourth-order valence-corrected chi connectivity index (χ4v) is 4.82. The molecule has 3 heterocycles. The number of aromatic nitrogens is 1. The summed E-state index contributed by atoms with van der Waals surface area (Å²) >= 11 is 0. The van der Waals surface area contributed by atoms with E-state index in [1.54, 1.807) is 18.5 Å². The van der Waals surface area contributed by atoms with Gasteiger partial charge < -0.3 is 14.5 Å². The van der Waals surface area contributed by atoms with Crippen LogP contribution in [0.4, 0.5) is 0 Å². The predicted octanol–water partition coefficient (Wildman–Crippen LogP) is 2.58. The molecule has 4 rings (SSSR count). The summed E-state index contributed by atoms with van der Waals surface area (Å²) in [4.78, 5) is 33.6.